The highest BCUT2D eigenvalue weighted by atomic mass is 19.3. The second-order valence-corrected chi connectivity index (χ2v) is 4.37. The minimum atomic E-state index is -2.70. The van der Waals surface area contributed by atoms with E-state index >= 15 is 0 Å². The first-order chi connectivity index (χ1) is 8.31. The van der Waals surface area contributed by atoms with E-state index in [1.807, 2.05) is 0 Å². The van der Waals surface area contributed by atoms with E-state index in [9.17, 15) is 27.2 Å². The number of carboxylic acid groups (broad SMARTS) is 1. The minimum absolute atomic E-state index is 0.125. The number of aliphatic carboxylic acids is 1. The van der Waals surface area contributed by atoms with Crippen molar-refractivity contribution in [3.05, 3.63) is 0 Å². The second-order valence-electron chi connectivity index (χ2n) is 4.37. The zero-order valence-electron chi connectivity index (χ0n) is 9.21. The molecule has 0 atom stereocenters. The summed E-state index contributed by atoms with van der Waals surface area (Å²) in [5.74, 6) is -1.36. The Balaban J connectivity index is 0.000000180. The molecule has 1 N–H and O–H groups in total. The Hall–Kier alpha value is -1.43. The number of hydrogen-bond donors (Lipinski definition) is 1. The van der Waals surface area contributed by atoms with E-state index in [0.29, 0.717) is 12.8 Å². The third-order valence-electron chi connectivity index (χ3n) is 3.07. The van der Waals surface area contributed by atoms with Gasteiger partial charge in [-0.25, -0.2) is 22.4 Å². The molecule has 0 amide bonds. The van der Waals surface area contributed by atoms with E-state index in [2.05, 4.69) is 4.99 Å². The summed E-state index contributed by atoms with van der Waals surface area (Å²) in [6, 6.07) is 0. The fraction of sp³-hybridized carbons (Fsp3) is 0.800. The molecular weight excluding hydrogens is 258 g/mol. The number of nitrogens with zero attached hydrogens (tertiary/aromatic N) is 1. The predicted octanol–water partition coefficient (Wildman–Crippen LogP) is 2.24. The number of hydrogen-bond acceptors (Lipinski definition) is 3. The van der Waals surface area contributed by atoms with Crippen LogP contribution in [0.25, 0.3) is 0 Å². The van der Waals surface area contributed by atoms with Gasteiger partial charge in [0.2, 0.25) is 6.08 Å². The average Bonchev–Trinajstić information content (AvgIpc) is 3.14. The van der Waals surface area contributed by atoms with Gasteiger partial charge in [0.15, 0.2) is 0 Å². The number of halogens is 4. The Labute approximate surface area is 99.7 Å². The lowest BCUT2D eigenvalue weighted by molar-refractivity contribution is -0.149. The number of carbonyl (C=O) groups is 1. The van der Waals surface area contributed by atoms with Gasteiger partial charge in [0, 0.05) is 0 Å². The van der Waals surface area contributed by atoms with Gasteiger partial charge < -0.3 is 5.11 Å². The molecule has 0 aromatic heterocycles. The van der Waals surface area contributed by atoms with Gasteiger partial charge in [-0.15, -0.1) is 0 Å². The van der Waals surface area contributed by atoms with Crippen LogP contribution in [0.2, 0.25) is 0 Å². The van der Waals surface area contributed by atoms with Gasteiger partial charge >= 0.3 is 5.97 Å². The van der Waals surface area contributed by atoms with Crippen LogP contribution in [0.15, 0.2) is 4.99 Å². The van der Waals surface area contributed by atoms with Crippen LogP contribution < -0.4 is 0 Å². The third-order valence-corrected chi connectivity index (χ3v) is 3.07. The summed E-state index contributed by atoms with van der Waals surface area (Å²) in [6.07, 6.45) is -3.16. The number of alkyl halides is 4. The van der Waals surface area contributed by atoms with Gasteiger partial charge in [-0.05, 0) is 25.7 Å². The molecule has 102 valence electrons. The van der Waals surface area contributed by atoms with E-state index in [4.69, 9.17) is 5.11 Å². The largest absolute Gasteiger partial charge is 0.481 e. The molecule has 0 radical (unpaired) electrons. The standard InChI is InChI=1S/C5H5F2NO.C5H6F2O2/c6-4(7)5(1-2-5)8-3-9;6-3(7)5(1-2-5)4(8)9/h4H,1-2H2;3H,1-2H2,(H,8,9). The molecule has 0 bridgehead atoms. The van der Waals surface area contributed by atoms with Gasteiger partial charge in [-0.3, -0.25) is 4.79 Å². The molecule has 2 aliphatic carbocycles. The smallest absolute Gasteiger partial charge is 0.315 e. The highest BCUT2D eigenvalue weighted by Gasteiger charge is 2.58. The fourth-order valence-corrected chi connectivity index (χ4v) is 1.26. The maximum Gasteiger partial charge on any atom is 0.315 e. The quantitative estimate of drug-likeness (QED) is 0.483. The maximum atomic E-state index is 11.8. The van der Waals surface area contributed by atoms with Crippen molar-refractivity contribution >= 4 is 12.0 Å². The molecule has 0 aromatic rings. The van der Waals surface area contributed by atoms with Crippen LogP contribution in [0.3, 0.4) is 0 Å². The normalized spacial score (nSPS) is 21.7. The van der Waals surface area contributed by atoms with Gasteiger partial charge in [-0.2, -0.15) is 4.99 Å². The van der Waals surface area contributed by atoms with E-state index in [1.165, 1.54) is 0 Å². The van der Waals surface area contributed by atoms with Gasteiger partial charge in [0.1, 0.15) is 11.0 Å². The van der Waals surface area contributed by atoms with E-state index in [1.54, 1.807) is 0 Å². The number of carboxylic acids is 1. The molecule has 0 aliphatic heterocycles. The van der Waals surface area contributed by atoms with Gasteiger partial charge in [-0.1, -0.05) is 0 Å². The SMILES string of the molecule is O=C(O)C1(C(F)F)CC1.O=C=NC1(C(F)F)CC1. The van der Waals surface area contributed by atoms with E-state index in [-0.39, 0.29) is 12.8 Å². The number of aliphatic imine (C=N–C) groups is 1. The maximum absolute atomic E-state index is 11.8. The summed E-state index contributed by atoms with van der Waals surface area (Å²) in [7, 11) is 0. The van der Waals surface area contributed by atoms with E-state index in [0.717, 1.165) is 6.08 Å². The zero-order valence-corrected chi connectivity index (χ0v) is 9.21. The van der Waals surface area contributed by atoms with Crippen LogP contribution in [-0.2, 0) is 9.59 Å². The lowest BCUT2D eigenvalue weighted by Crippen LogP contribution is -2.22. The summed E-state index contributed by atoms with van der Waals surface area (Å²) in [5.41, 5.74) is -3.00. The molecule has 8 heteroatoms. The molecule has 0 aromatic carbocycles. The van der Waals surface area contributed by atoms with Gasteiger partial charge in [0.05, 0.1) is 0 Å². The second kappa shape index (κ2) is 5.06. The average molecular weight is 269 g/mol. The minimum Gasteiger partial charge on any atom is -0.481 e. The van der Waals surface area contributed by atoms with Gasteiger partial charge in [0.25, 0.3) is 12.9 Å². The van der Waals surface area contributed by atoms with Crippen LogP contribution in [0.5, 0.6) is 0 Å². The third kappa shape index (κ3) is 2.87. The molecule has 0 unspecified atom stereocenters. The first-order valence-corrected chi connectivity index (χ1v) is 5.19. The molecule has 2 saturated carbocycles. The first-order valence-electron chi connectivity index (χ1n) is 5.19. The summed E-state index contributed by atoms with van der Waals surface area (Å²) < 4.78 is 47.1. The molecule has 2 rings (SSSR count). The van der Waals surface area contributed by atoms with Crippen LogP contribution in [-0.4, -0.2) is 35.5 Å². The lowest BCUT2D eigenvalue weighted by Gasteiger charge is -2.05. The summed E-state index contributed by atoms with van der Waals surface area (Å²) in [4.78, 5) is 22.6. The first kappa shape index (κ1) is 14.6. The summed E-state index contributed by atoms with van der Waals surface area (Å²) in [6.45, 7) is 0. The Morgan fingerprint density at radius 1 is 1.11 bits per heavy atom. The van der Waals surface area contributed by atoms with Crippen molar-refractivity contribution in [2.75, 3.05) is 0 Å². The molecule has 2 aliphatic rings. The Bertz CT molecular complexity index is 349. The van der Waals surface area contributed by atoms with Crippen LogP contribution in [0, 0.1) is 5.41 Å². The summed E-state index contributed by atoms with van der Waals surface area (Å²) in [5, 5.41) is 8.19. The molecule has 0 heterocycles. The van der Waals surface area contributed by atoms with Crippen molar-refractivity contribution in [3.63, 3.8) is 0 Å². The number of isocyanates is 1. The Kier molecular flexibility index (Phi) is 4.11. The van der Waals surface area contributed by atoms with Crippen molar-refractivity contribution in [1.29, 1.82) is 0 Å². The van der Waals surface area contributed by atoms with Crippen molar-refractivity contribution < 1.29 is 32.3 Å². The van der Waals surface area contributed by atoms with E-state index < -0.39 is 29.8 Å². The molecule has 4 nitrogen and oxygen atoms in total. The highest BCUT2D eigenvalue weighted by molar-refractivity contribution is 5.78. The molecule has 0 saturated heterocycles. The molecule has 0 spiro atoms. The number of carbonyl (C=O) groups excluding carboxylic acids is 1. The zero-order chi connectivity index (χ0) is 14.0. The van der Waals surface area contributed by atoms with Crippen molar-refractivity contribution in [1.82, 2.24) is 0 Å². The number of rotatable bonds is 4. The Morgan fingerprint density at radius 2 is 1.61 bits per heavy atom. The molecule has 18 heavy (non-hydrogen) atoms. The molecule has 2 fully saturated rings. The monoisotopic (exact) mass is 269 g/mol. The van der Waals surface area contributed by atoms with Crippen molar-refractivity contribution in [2.45, 2.75) is 44.1 Å². The predicted molar refractivity (Wildman–Crippen MR) is 51.4 cm³/mol. The topological polar surface area (TPSA) is 66.7 Å². The summed E-state index contributed by atoms with van der Waals surface area (Å²) >= 11 is 0. The van der Waals surface area contributed by atoms with Crippen LogP contribution in [0.1, 0.15) is 25.7 Å². The Morgan fingerprint density at radius 3 is 1.67 bits per heavy atom. The highest BCUT2D eigenvalue weighted by Crippen LogP contribution is 2.50. The van der Waals surface area contributed by atoms with Crippen molar-refractivity contribution in [2.24, 2.45) is 10.4 Å². The van der Waals surface area contributed by atoms with Crippen LogP contribution >= 0.6 is 0 Å². The fourth-order valence-electron chi connectivity index (χ4n) is 1.26. The van der Waals surface area contributed by atoms with Crippen LogP contribution in [0.4, 0.5) is 17.6 Å². The van der Waals surface area contributed by atoms with Crippen molar-refractivity contribution in [3.8, 4) is 0 Å². The molecular formula is C10H11F4NO3. The lowest BCUT2D eigenvalue weighted by atomic mass is 10.1.